The van der Waals surface area contributed by atoms with Gasteiger partial charge in [-0.3, -0.25) is 4.79 Å². The minimum absolute atomic E-state index is 0.0992. The maximum absolute atomic E-state index is 12.6. The van der Waals surface area contributed by atoms with Crippen molar-refractivity contribution in [1.29, 1.82) is 0 Å². The zero-order chi connectivity index (χ0) is 14.8. The van der Waals surface area contributed by atoms with Crippen LogP contribution in [0.2, 0.25) is 0 Å². The quantitative estimate of drug-likeness (QED) is 0.698. The van der Waals surface area contributed by atoms with Gasteiger partial charge in [-0.2, -0.15) is 0 Å². The second-order valence-corrected chi connectivity index (χ2v) is 8.32. The van der Waals surface area contributed by atoms with E-state index in [-0.39, 0.29) is 11.5 Å². The molecule has 1 fully saturated rings. The molecular formula is C16H30BrNO. The summed E-state index contributed by atoms with van der Waals surface area (Å²) in [6.07, 6.45) is 4.51. The van der Waals surface area contributed by atoms with E-state index in [2.05, 4.69) is 50.5 Å². The van der Waals surface area contributed by atoms with Crippen molar-refractivity contribution in [1.82, 2.24) is 4.90 Å². The molecule has 1 saturated carbocycles. The summed E-state index contributed by atoms with van der Waals surface area (Å²) in [5.41, 5.74) is 0.285. The first-order valence-corrected chi connectivity index (χ1v) is 8.55. The van der Waals surface area contributed by atoms with E-state index >= 15 is 0 Å². The van der Waals surface area contributed by atoms with Crippen LogP contribution in [0.4, 0.5) is 0 Å². The van der Waals surface area contributed by atoms with Crippen molar-refractivity contribution < 1.29 is 4.79 Å². The summed E-state index contributed by atoms with van der Waals surface area (Å²) in [7, 11) is 1.94. The number of halogens is 1. The number of alkyl halides is 1. The Bertz CT molecular complexity index is 311. The highest BCUT2D eigenvalue weighted by Crippen LogP contribution is 2.40. The molecule has 2 nitrogen and oxygen atoms in total. The van der Waals surface area contributed by atoms with Crippen molar-refractivity contribution >= 4 is 21.8 Å². The van der Waals surface area contributed by atoms with Crippen molar-refractivity contribution in [2.75, 3.05) is 12.4 Å². The number of hydrogen-bond donors (Lipinski definition) is 0. The zero-order valence-electron chi connectivity index (χ0n) is 13.4. The maximum Gasteiger partial charge on any atom is 0.225 e. The van der Waals surface area contributed by atoms with Crippen LogP contribution in [-0.2, 0) is 4.79 Å². The molecule has 0 atom stereocenters. The van der Waals surface area contributed by atoms with Gasteiger partial charge in [0.2, 0.25) is 5.91 Å². The average Bonchev–Trinajstić information content (AvgIpc) is 2.36. The van der Waals surface area contributed by atoms with Crippen LogP contribution >= 0.6 is 15.9 Å². The van der Waals surface area contributed by atoms with Crippen molar-refractivity contribution in [2.45, 2.75) is 65.8 Å². The van der Waals surface area contributed by atoms with Crippen molar-refractivity contribution in [3.05, 3.63) is 0 Å². The minimum atomic E-state index is -0.0992. The van der Waals surface area contributed by atoms with Gasteiger partial charge in [0, 0.05) is 23.8 Å². The molecule has 0 unspecified atom stereocenters. The molecule has 19 heavy (non-hydrogen) atoms. The highest BCUT2D eigenvalue weighted by molar-refractivity contribution is 9.09. The van der Waals surface area contributed by atoms with E-state index in [1.807, 2.05) is 11.9 Å². The molecule has 0 saturated heterocycles. The molecule has 0 N–H and O–H groups in total. The van der Waals surface area contributed by atoms with E-state index in [4.69, 9.17) is 0 Å². The monoisotopic (exact) mass is 331 g/mol. The minimum Gasteiger partial charge on any atom is -0.340 e. The third-order valence-electron chi connectivity index (χ3n) is 4.87. The summed E-state index contributed by atoms with van der Waals surface area (Å²) in [6, 6.07) is 0. The third-order valence-corrected chi connectivity index (χ3v) is 6.24. The Morgan fingerprint density at radius 2 is 1.58 bits per heavy atom. The summed E-state index contributed by atoms with van der Waals surface area (Å²) in [6.45, 7) is 11.2. The van der Waals surface area contributed by atoms with E-state index in [9.17, 15) is 4.79 Å². The Labute approximate surface area is 127 Å². The molecule has 1 rings (SSSR count). The number of nitrogens with zero attached hydrogens (tertiary/aromatic N) is 1. The lowest BCUT2D eigenvalue weighted by Gasteiger charge is -2.40. The van der Waals surface area contributed by atoms with E-state index in [1.165, 1.54) is 12.8 Å². The summed E-state index contributed by atoms with van der Waals surface area (Å²) in [5, 5.41) is 0.819. The molecular weight excluding hydrogens is 302 g/mol. The molecule has 1 aliphatic carbocycles. The van der Waals surface area contributed by atoms with Crippen LogP contribution in [0.15, 0.2) is 0 Å². The van der Waals surface area contributed by atoms with Gasteiger partial charge in [-0.05, 0) is 50.9 Å². The highest BCUT2D eigenvalue weighted by atomic mass is 79.9. The fourth-order valence-electron chi connectivity index (χ4n) is 2.87. The Kier molecular flexibility index (Phi) is 5.51. The lowest BCUT2D eigenvalue weighted by molar-refractivity contribution is -0.140. The molecule has 0 aromatic heterocycles. The van der Waals surface area contributed by atoms with Crippen molar-refractivity contribution in [2.24, 2.45) is 17.3 Å². The first-order chi connectivity index (χ1) is 8.59. The SMILES string of the molecule is CN(C(=O)C1CCC(C(C)(C)C)CC1)C(C)(C)CBr. The fraction of sp³-hybridized carbons (Fsp3) is 0.938. The lowest BCUT2D eigenvalue weighted by atomic mass is 9.69. The first kappa shape index (κ1) is 17.0. The Morgan fingerprint density at radius 1 is 1.11 bits per heavy atom. The van der Waals surface area contributed by atoms with Gasteiger partial charge < -0.3 is 4.90 Å². The second kappa shape index (κ2) is 6.15. The van der Waals surface area contributed by atoms with Gasteiger partial charge >= 0.3 is 0 Å². The maximum atomic E-state index is 12.6. The van der Waals surface area contributed by atoms with E-state index in [0.29, 0.717) is 11.3 Å². The Hall–Kier alpha value is -0.0500. The molecule has 1 amide bonds. The third kappa shape index (κ3) is 4.21. The first-order valence-electron chi connectivity index (χ1n) is 7.43. The number of amides is 1. The zero-order valence-corrected chi connectivity index (χ0v) is 15.0. The van der Waals surface area contributed by atoms with Gasteiger partial charge in [-0.1, -0.05) is 36.7 Å². The van der Waals surface area contributed by atoms with Crippen LogP contribution in [0, 0.1) is 17.3 Å². The topological polar surface area (TPSA) is 20.3 Å². The summed E-state index contributed by atoms with van der Waals surface area (Å²) in [4.78, 5) is 14.5. The lowest BCUT2D eigenvalue weighted by Crippen LogP contribution is -2.49. The number of rotatable bonds is 3. The van der Waals surface area contributed by atoms with Gasteiger partial charge in [0.05, 0.1) is 0 Å². The average molecular weight is 332 g/mol. The molecule has 0 aliphatic heterocycles. The molecule has 0 aromatic rings. The highest BCUT2D eigenvalue weighted by Gasteiger charge is 2.36. The van der Waals surface area contributed by atoms with Crippen molar-refractivity contribution in [3.63, 3.8) is 0 Å². The molecule has 0 bridgehead atoms. The van der Waals surface area contributed by atoms with Gasteiger partial charge in [-0.15, -0.1) is 0 Å². The summed E-state index contributed by atoms with van der Waals surface area (Å²) in [5.74, 6) is 1.34. The number of carbonyl (C=O) groups is 1. The van der Waals surface area contributed by atoms with E-state index in [1.54, 1.807) is 0 Å². The van der Waals surface area contributed by atoms with Gasteiger partial charge in [0.15, 0.2) is 0 Å². The number of hydrogen-bond acceptors (Lipinski definition) is 1. The second-order valence-electron chi connectivity index (χ2n) is 7.76. The number of carbonyl (C=O) groups excluding carboxylic acids is 1. The Morgan fingerprint density at radius 3 is 1.95 bits per heavy atom. The Balaban J connectivity index is 2.59. The molecule has 112 valence electrons. The molecule has 0 radical (unpaired) electrons. The normalized spacial score (nSPS) is 25.2. The van der Waals surface area contributed by atoms with E-state index < -0.39 is 0 Å². The standard InChI is InChI=1S/C16H30BrNO/c1-15(2,3)13-9-7-12(8-10-13)14(19)18(6)16(4,5)11-17/h12-13H,7-11H2,1-6H3. The predicted octanol–water partition coefficient (Wildman–Crippen LogP) is 4.47. The van der Waals surface area contributed by atoms with Gasteiger partial charge in [0.1, 0.15) is 0 Å². The molecule has 0 heterocycles. The smallest absolute Gasteiger partial charge is 0.225 e. The molecule has 0 spiro atoms. The largest absolute Gasteiger partial charge is 0.340 e. The fourth-order valence-corrected chi connectivity index (χ4v) is 3.24. The van der Waals surface area contributed by atoms with E-state index in [0.717, 1.165) is 24.1 Å². The van der Waals surface area contributed by atoms with Crippen LogP contribution in [0.3, 0.4) is 0 Å². The van der Waals surface area contributed by atoms with Crippen LogP contribution in [0.25, 0.3) is 0 Å². The van der Waals surface area contributed by atoms with Crippen LogP contribution in [0.1, 0.15) is 60.3 Å². The molecule has 3 heteroatoms. The van der Waals surface area contributed by atoms with Crippen LogP contribution < -0.4 is 0 Å². The predicted molar refractivity (Wildman–Crippen MR) is 85.5 cm³/mol. The molecule has 1 aliphatic rings. The summed E-state index contributed by atoms with van der Waals surface area (Å²) >= 11 is 3.51. The summed E-state index contributed by atoms with van der Waals surface area (Å²) < 4.78 is 0. The van der Waals surface area contributed by atoms with Crippen LogP contribution in [-0.4, -0.2) is 28.7 Å². The van der Waals surface area contributed by atoms with Gasteiger partial charge in [0.25, 0.3) is 0 Å². The van der Waals surface area contributed by atoms with Gasteiger partial charge in [-0.25, -0.2) is 0 Å². The van der Waals surface area contributed by atoms with Crippen molar-refractivity contribution in [3.8, 4) is 0 Å². The van der Waals surface area contributed by atoms with Crippen LogP contribution in [0.5, 0.6) is 0 Å². The molecule has 0 aromatic carbocycles.